The molecule has 2 aromatic heterocycles. The molecule has 0 saturated heterocycles. The highest BCUT2D eigenvalue weighted by molar-refractivity contribution is 5.77. The Hall–Kier alpha value is -2.38. The summed E-state index contributed by atoms with van der Waals surface area (Å²) in [7, 11) is 1.76. The van der Waals surface area contributed by atoms with E-state index in [4.69, 9.17) is 4.98 Å². The Bertz CT molecular complexity index is 1160. The molecule has 8 heteroatoms. The van der Waals surface area contributed by atoms with E-state index in [1.165, 1.54) is 23.8 Å². The van der Waals surface area contributed by atoms with Gasteiger partial charge in [0.25, 0.3) is 5.56 Å². The van der Waals surface area contributed by atoms with Crippen molar-refractivity contribution in [1.82, 2.24) is 24.0 Å². The van der Waals surface area contributed by atoms with Crippen LogP contribution in [0.4, 0.5) is 0 Å². The van der Waals surface area contributed by atoms with Crippen molar-refractivity contribution in [3.8, 4) is 0 Å². The van der Waals surface area contributed by atoms with Crippen molar-refractivity contribution in [1.29, 1.82) is 0 Å². The molecule has 0 aromatic carbocycles. The quantitative estimate of drug-likeness (QED) is 0.714. The molecule has 1 amide bonds. The smallest absolute Gasteiger partial charge is 0.332 e. The Morgan fingerprint density at radius 2 is 1.84 bits per heavy atom. The molecule has 0 radical (unpaired) electrons. The zero-order chi connectivity index (χ0) is 22.8. The minimum absolute atomic E-state index is 0.0387. The van der Waals surface area contributed by atoms with E-state index >= 15 is 0 Å². The van der Waals surface area contributed by atoms with Crippen LogP contribution in [0.5, 0.6) is 0 Å². The second-order valence-corrected chi connectivity index (χ2v) is 10.8. The van der Waals surface area contributed by atoms with Gasteiger partial charge in [-0.15, -0.1) is 0 Å². The third-order valence-corrected chi connectivity index (χ3v) is 8.30. The summed E-state index contributed by atoms with van der Waals surface area (Å²) in [6.07, 6.45) is 6.86. The van der Waals surface area contributed by atoms with Crippen LogP contribution in [-0.4, -0.2) is 43.5 Å². The molecule has 2 aromatic rings. The minimum atomic E-state index is -0.331. The molecule has 4 bridgehead atoms. The zero-order valence-corrected chi connectivity index (χ0v) is 19.7. The highest BCUT2D eigenvalue weighted by Gasteiger charge is 2.59. The van der Waals surface area contributed by atoms with E-state index in [9.17, 15) is 14.4 Å². The lowest BCUT2D eigenvalue weighted by Gasteiger charge is -2.30. The number of carbonyl (C=O) groups excluding carboxylic acids is 1. The molecule has 4 fully saturated rings. The van der Waals surface area contributed by atoms with E-state index in [2.05, 4.69) is 4.98 Å². The van der Waals surface area contributed by atoms with E-state index in [1.54, 1.807) is 16.5 Å². The lowest BCUT2D eigenvalue weighted by Crippen LogP contribution is -2.42. The van der Waals surface area contributed by atoms with Crippen molar-refractivity contribution in [3.05, 3.63) is 26.7 Å². The van der Waals surface area contributed by atoms with Gasteiger partial charge in [-0.2, -0.15) is 0 Å². The maximum atomic E-state index is 13.3. The molecular formula is C24H35N5O3. The van der Waals surface area contributed by atoms with Gasteiger partial charge in [-0.1, -0.05) is 20.8 Å². The van der Waals surface area contributed by atoms with Gasteiger partial charge in [0.2, 0.25) is 5.91 Å². The second kappa shape index (κ2) is 7.59. The summed E-state index contributed by atoms with van der Waals surface area (Å²) in [6, 6.07) is 0. The van der Waals surface area contributed by atoms with Gasteiger partial charge in [-0.25, -0.2) is 9.78 Å². The van der Waals surface area contributed by atoms with Crippen LogP contribution in [-0.2, 0) is 23.3 Å². The van der Waals surface area contributed by atoms with Crippen LogP contribution in [0.1, 0.15) is 65.1 Å². The molecule has 2 atom stereocenters. The maximum Gasteiger partial charge on any atom is 0.332 e. The molecule has 0 spiro atoms. The van der Waals surface area contributed by atoms with Crippen LogP contribution in [0.3, 0.4) is 0 Å². The number of imidazole rings is 1. The van der Waals surface area contributed by atoms with Gasteiger partial charge in [0, 0.05) is 38.0 Å². The van der Waals surface area contributed by atoms with E-state index < -0.39 is 0 Å². The second-order valence-electron chi connectivity index (χ2n) is 10.8. The summed E-state index contributed by atoms with van der Waals surface area (Å²) < 4.78 is 2.93. The number of aromatic amines is 1. The largest absolute Gasteiger partial charge is 0.344 e. The third-order valence-electron chi connectivity index (χ3n) is 8.30. The molecular weight excluding hydrogens is 406 g/mol. The van der Waals surface area contributed by atoms with Gasteiger partial charge in [0.15, 0.2) is 5.65 Å². The van der Waals surface area contributed by atoms with Gasteiger partial charge in [-0.3, -0.25) is 18.7 Å². The fraction of sp³-hybridized carbons (Fsp3) is 0.750. The molecule has 2 heterocycles. The highest BCUT2D eigenvalue weighted by atomic mass is 16.2. The number of aromatic nitrogens is 4. The van der Waals surface area contributed by atoms with Gasteiger partial charge in [-0.05, 0) is 56.3 Å². The van der Waals surface area contributed by atoms with E-state index in [-0.39, 0.29) is 28.5 Å². The number of rotatable bonds is 7. The predicted octanol–water partition coefficient (Wildman–Crippen LogP) is 2.49. The first-order valence-corrected chi connectivity index (χ1v) is 12.2. The molecule has 4 aliphatic carbocycles. The minimum Gasteiger partial charge on any atom is -0.344 e. The molecule has 4 aliphatic rings. The maximum absolute atomic E-state index is 13.3. The molecule has 4 saturated carbocycles. The number of fused-ring (bicyclic) bond motifs is 1. The SMILES string of the molecule is CCCn1c(=O)c2[nH]c(C34CC5CC(CC3C5)C4)nc2n(CCN(C)C(=O)C(C)C)c1=O. The monoisotopic (exact) mass is 441 g/mol. The van der Waals surface area contributed by atoms with Crippen LogP contribution >= 0.6 is 0 Å². The Morgan fingerprint density at radius 3 is 2.47 bits per heavy atom. The first-order chi connectivity index (χ1) is 15.2. The summed E-state index contributed by atoms with van der Waals surface area (Å²) in [5.41, 5.74) is 0.324. The molecule has 1 N–H and O–H groups in total. The number of nitrogens with one attached hydrogen (secondary N) is 1. The summed E-state index contributed by atoms with van der Waals surface area (Å²) in [4.78, 5) is 48.9. The van der Waals surface area contributed by atoms with Crippen molar-refractivity contribution in [2.75, 3.05) is 13.6 Å². The van der Waals surface area contributed by atoms with Crippen LogP contribution in [0, 0.1) is 23.7 Å². The zero-order valence-electron chi connectivity index (χ0n) is 19.7. The molecule has 174 valence electrons. The van der Waals surface area contributed by atoms with Crippen molar-refractivity contribution < 1.29 is 4.79 Å². The van der Waals surface area contributed by atoms with Crippen molar-refractivity contribution >= 4 is 17.1 Å². The van der Waals surface area contributed by atoms with Crippen LogP contribution in [0.2, 0.25) is 0 Å². The average Bonchev–Trinajstić information content (AvgIpc) is 3.38. The fourth-order valence-electron chi connectivity index (χ4n) is 7.01. The van der Waals surface area contributed by atoms with Crippen molar-refractivity contribution in [2.45, 2.75) is 77.8 Å². The number of hydrogen-bond donors (Lipinski definition) is 1. The van der Waals surface area contributed by atoms with E-state index in [0.29, 0.717) is 43.1 Å². The van der Waals surface area contributed by atoms with Gasteiger partial charge < -0.3 is 9.88 Å². The van der Waals surface area contributed by atoms with Gasteiger partial charge >= 0.3 is 5.69 Å². The summed E-state index contributed by atoms with van der Waals surface area (Å²) in [5.74, 6) is 3.03. The first kappa shape index (κ1) is 21.5. The summed E-state index contributed by atoms with van der Waals surface area (Å²) in [5, 5.41) is 0. The summed E-state index contributed by atoms with van der Waals surface area (Å²) >= 11 is 0. The number of H-pyrrole nitrogens is 1. The molecule has 8 nitrogen and oxygen atoms in total. The number of amides is 1. The van der Waals surface area contributed by atoms with Gasteiger partial charge in [0.05, 0.1) is 0 Å². The van der Waals surface area contributed by atoms with Gasteiger partial charge in [0.1, 0.15) is 11.3 Å². The van der Waals surface area contributed by atoms with Crippen LogP contribution < -0.4 is 11.2 Å². The number of nitrogens with zero attached hydrogens (tertiary/aromatic N) is 4. The first-order valence-electron chi connectivity index (χ1n) is 12.2. The summed E-state index contributed by atoms with van der Waals surface area (Å²) in [6.45, 7) is 6.79. The van der Waals surface area contributed by atoms with E-state index in [0.717, 1.165) is 30.5 Å². The molecule has 0 aliphatic heterocycles. The predicted molar refractivity (Wildman–Crippen MR) is 123 cm³/mol. The average molecular weight is 442 g/mol. The standard InChI is InChI=1S/C24H35N5O3/c1-5-6-29-21(31)18-19(28(23(29)32)8-7-27(4)20(30)14(2)3)26-22(25-18)24-12-15-9-16(13-24)11-17(24)10-15/h14-17H,5-13H2,1-4H3,(H,25,26). The van der Waals surface area contributed by atoms with Crippen LogP contribution in [0.25, 0.3) is 11.2 Å². The van der Waals surface area contributed by atoms with Crippen LogP contribution in [0.15, 0.2) is 9.59 Å². The third kappa shape index (κ3) is 3.09. The topological polar surface area (TPSA) is 93.0 Å². The Morgan fingerprint density at radius 1 is 1.16 bits per heavy atom. The van der Waals surface area contributed by atoms with E-state index in [1.807, 2.05) is 20.8 Å². The Labute approximate surface area is 188 Å². The number of likely N-dealkylation sites (N-methyl/N-ethyl adjacent to an activating group) is 1. The van der Waals surface area contributed by atoms with Crippen molar-refractivity contribution in [3.63, 3.8) is 0 Å². The number of hydrogen-bond acceptors (Lipinski definition) is 4. The lowest BCUT2D eigenvalue weighted by atomic mass is 9.75. The van der Waals surface area contributed by atoms with Crippen molar-refractivity contribution in [2.24, 2.45) is 23.7 Å². The molecule has 2 unspecified atom stereocenters. The Kier molecular flexibility index (Phi) is 5.09. The molecule has 6 rings (SSSR count). The highest BCUT2D eigenvalue weighted by Crippen LogP contribution is 2.65. The molecule has 32 heavy (non-hydrogen) atoms. The normalized spacial score (nSPS) is 28.3. The number of carbonyl (C=O) groups is 1. The Balaban J connectivity index is 1.59. The lowest BCUT2D eigenvalue weighted by molar-refractivity contribution is -0.133. The fourth-order valence-corrected chi connectivity index (χ4v) is 7.01.